The zero-order valence-corrected chi connectivity index (χ0v) is 10.1. The van der Waals surface area contributed by atoms with Gasteiger partial charge in [0.2, 0.25) is 0 Å². The Labute approximate surface area is 100 Å². The zero-order valence-electron chi connectivity index (χ0n) is 10.1. The second-order valence-corrected chi connectivity index (χ2v) is 3.90. The van der Waals surface area contributed by atoms with Crippen molar-refractivity contribution < 1.29 is 4.74 Å². The molecule has 5 nitrogen and oxygen atoms in total. The number of hydrogen-bond donors (Lipinski definition) is 1. The molecule has 1 aromatic heterocycles. The SMILES string of the molecule is Cc1cccc(OCc2nnc(CN)n2C)c1. The monoisotopic (exact) mass is 232 g/mol. The quantitative estimate of drug-likeness (QED) is 0.859. The van der Waals surface area contributed by atoms with E-state index in [1.165, 1.54) is 5.56 Å². The van der Waals surface area contributed by atoms with Crippen LogP contribution in [-0.2, 0) is 20.2 Å². The van der Waals surface area contributed by atoms with E-state index in [0.29, 0.717) is 13.2 Å². The molecule has 0 atom stereocenters. The van der Waals surface area contributed by atoms with Crippen molar-refractivity contribution in [2.45, 2.75) is 20.1 Å². The highest BCUT2D eigenvalue weighted by Crippen LogP contribution is 2.13. The summed E-state index contributed by atoms with van der Waals surface area (Å²) in [5.74, 6) is 2.36. The van der Waals surface area contributed by atoms with Crippen molar-refractivity contribution in [1.82, 2.24) is 14.8 Å². The Kier molecular flexibility index (Phi) is 3.39. The molecule has 90 valence electrons. The molecule has 0 aliphatic heterocycles. The van der Waals surface area contributed by atoms with E-state index in [4.69, 9.17) is 10.5 Å². The minimum absolute atomic E-state index is 0.383. The maximum absolute atomic E-state index is 5.65. The third-order valence-corrected chi connectivity index (χ3v) is 2.60. The molecule has 0 saturated carbocycles. The van der Waals surface area contributed by atoms with Crippen LogP contribution in [-0.4, -0.2) is 14.8 Å². The molecular weight excluding hydrogens is 216 g/mol. The molecule has 0 aliphatic rings. The number of hydrogen-bond acceptors (Lipinski definition) is 4. The van der Waals surface area contributed by atoms with Gasteiger partial charge in [-0.2, -0.15) is 0 Å². The number of nitrogens with two attached hydrogens (primary N) is 1. The van der Waals surface area contributed by atoms with Gasteiger partial charge < -0.3 is 15.0 Å². The number of aryl methyl sites for hydroxylation is 1. The number of aromatic nitrogens is 3. The smallest absolute Gasteiger partial charge is 0.170 e. The van der Waals surface area contributed by atoms with Gasteiger partial charge in [-0.05, 0) is 24.6 Å². The van der Waals surface area contributed by atoms with E-state index in [9.17, 15) is 0 Å². The van der Waals surface area contributed by atoms with Crippen LogP contribution in [0.15, 0.2) is 24.3 Å². The highest BCUT2D eigenvalue weighted by Gasteiger charge is 2.07. The van der Waals surface area contributed by atoms with Crippen molar-refractivity contribution >= 4 is 0 Å². The maximum atomic E-state index is 5.65. The second kappa shape index (κ2) is 4.97. The van der Waals surface area contributed by atoms with Gasteiger partial charge >= 0.3 is 0 Å². The normalized spacial score (nSPS) is 10.5. The molecule has 2 aromatic rings. The average Bonchev–Trinajstić information content (AvgIpc) is 2.67. The van der Waals surface area contributed by atoms with Gasteiger partial charge in [0.15, 0.2) is 5.82 Å². The van der Waals surface area contributed by atoms with Gasteiger partial charge in [-0.3, -0.25) is 0 Å². The lowest BCUT2D eigenvalue weighted by Gasteiger charge is -2.06. The van der Waals surface area contributed by atoms with E-state index < -0.39 is 0 Å². The largest absolute Gasteiger partial charge is 0.486 e. The predicted octanol–water partition coefficient (Wildman–Crippen LogP) is 1.16. The Morgan fingerprint density at radius 2 is 2.06 bits per heavy atom. The van der Waals surface area contributed by atoms with E-state index in [-0.39, 0.29) is 0 Å². The molecule has 0 fully saturated rings. The van der Waals surface area contributed by atoms with Crippen molar-refractivity contribution in [1.29, 1.82) is 0 Å². The summed E-state index contributed by atoms with van der Waals surface area (Å²) < 4.78 is 7.50. The Bertz CT molecular complexity index is 507. The van der Waals surface area contributed by atoms with Gasteiger partial charge in [0.1, 0.15) is 18.2 Å². The summed E-state index contributed by atoms with van der Waals surface area (Å²) in [6.45, 7) is 2.81. The van der Waals surface area contributed by atoms with Crippen molar-refractivity contribution in [2.75, 3.05) is 0 Å². The van der Waals surface area contributed by atoms with Crippen LogP contribution < -0.4 is 10.5 Å². The van der Waals surface area contributed by atoms with E-state index in [1.807, 2.05) is 42.8 Å². The van der Waals surface area contributed by atoms with E-state index in [2.05, 4.69) is 10.2 Å². The first-order chi connectivity index (χ1) is 8.20. The highest BCUT2D eigenvalue weighted by molar-refractivity contribution is 5.27. The number of ether oxygens (including phenoxy) is 1. The van der Waals surface area contributed by atoms with Gasteiger partial charge in [0.05, 0.1) is 6.54 Å². The lowest BCUT2D eigenvalue weighted by molar-refractivity contribution is 0.290. The Morgan fingerprint density at radius 1 is 1.29 bits per heavy atom. The van der Waals surface area contributed by atoms with Gasteiger partial charge in [-0.1, -0.05) is 12.1 Å². The summed E-state index contributed by atoms with van der Waals surface area (Å²) >= 11 is 0. The van der Waals surface area contributed by atoms with Crippen LogP contribution in [0.4, 0.5) is 0 Å². The van der Waals surface area contributed by atoms with Crippen LogP contribution in [0.1, 0.15) is 17.2 Å². The van der Waals surface area contributed by atoms with Gasteiger partial charge in [-0.15, -0.1) is 10.2 Å². The molecule has 17 heavy (non-hydrogen) atoms. The van der Waals surface area contributed by atoms with Crippen LogP contribution in [0.25, 0.3) is 0 Å². The summed E-state index contributed by atoms with van der Waals surface area (Å²) in [6, 6.07) is 7.90. The molecule has 5 heteroatoms. The summed E-state index contributed by atoms with van der Waals surface area (Å²) in [7, 11) is 1.89. The van der Waals surface area contributed by atoms with Gasteiger partial charge in [0.25, 0.3) is 0 Å². The first kappa shape index (κ1) is 11.6. The van der Waals surface area contributed by atoms with Crippen LogP contribution in [0.5, 0.6) is 5.75 Å². The second-order valence-electron chi connectivity index (χ2n) is 3.90. The van der Waals surface area contributed by atoms with Crippen molar-refractivity contribution in [3.05, 3.63) is 41.5 Å². The van der Waals surface area contributed by atoms with Gasteiger partial charge in [0, 0.05) is 7.05 Å². The van der Waals surface area contributed by atoms with Crippen LogP contribution >= 0.6 is 0 Å². The predicted molar refractivity (Wildman–Crippen MR) is 64.4 cm³/mol. The lowest BCUT2D eigenvalue weighted by atomic mass is 10.2. The van der Waals surface area contributed by atoms with Crippen molar-refractivity contribution in [3.8, 4) is 5.75 Å². The molecule has 0 amide bonds. The zero-order chi connectivity index (χ0) is 12.3. The van der Waals surface area contributed by atoms with Crippen molar-refractivity contribution in [3.63, 3.8) is 0 Å². The lowest BCUT2D eigenvalue weighted by Crippen LogP contribution is -2.08. The molecule has 2 rings (SSSR count). The summed E-state index contributed by atoms with van der Waals surface area (Å²) in [6.07, 6.45) is 0. The van der Waals surface area contributed by atoms with E-state index >= 15 is 0 Å². The molecule has 1 heterocycles. The molecule has 0 aliphatic carbocycles. The molecule has 0 bridgehead atoms. The molecule has 1 aromatic carbocycles. The minimum Gasteiger partial charge on any atom is -0.486 e. The molecular formula is C12H16N4O. The summed E-state index contributed by atoms with van der Waals surface area (Å²) in [4.78, 5) is 0. The Morgan fingerprint density at radius 3 is 2.71 bits per heavy atom. The fourth-order valence-electron chi connectivity index (χ4n) is 1.56. The average molecular weight is 232 g/mol. The molecule has 2 N–H and O–H groups in total. The fraction of sp³-hybridized carbons (Fsp3) is 0.333. The van der Waals surface area contributed by atoms with Gasteiger partial charge in [-0.25, -0.2) is 0 Å². The minimum atomic E-state index is 0.383. The Balaban J connectivity index is 2.05. The standard InChI is InChI=1S/C12H16N4O/c1-9-4-3-5-10(6-9)17-8-12-15-14-11(7-13)16(12)2/h3-6H,7-8,13H2,1-2H3. The topological polar surface area (TPSA) is 66.0 Å². The number of nitrogens with zero attached hydrogens (tertiary/aromatic N) is 3. The maximum Gasteiger partial charge on any atom is 0.170 e. The third kappa shape index (κ3) is 2.62. The molecule has 0 saturated heterocycles. The summed E-state index contributed by atoms with van der Waals surface area (Å²) in [5.41, 5.74) is 6.70. The van der Waals surface area contributed by atoms with Crippen LogP contribution in [0.3, 0.4) is 0 Å². The third-order valence-electron chi connectivity index (χ3n) is 2.60. The van der Waals surface area contributed by atoms with E-state index in [1.54, 1.807) is 0 Å². The number of benzene rings is 1. The molecule has 0 radical (unpaired) electrons. The summed E-state index contributed by atoms with van der Waals surface area (Å²) in [5, 5.41) is 8.00. The Hall–Kier alpha value is -1.88. The van der Waals surface area contributed by atoms with E-state index in [0.717, 1.165) is 17.4 Å². The molecule has 0 spiro atoms. The first-order valence-corrected chi connectivity index (χ1v) is 5.47. The number of rotatable bonds is 4. The van der Waals surface area contributed by atoms with Crippen molar-refractivity contribution in [2.24, 2.45) is 12.8 Å². The molecule has 0 unspecified atom stereocenters. The van der Waals surface area contributed by atoms with Crippen LogP contribution in [0, 0.1) is 6.92 Å². The fourth-order valence-corrected chi connectivity index (χ4v) is 1.56. The highest BCUT2D eigenvalue weighted by atomic mass is 16.5. The van der Waals surface area contributed by atoms with Crippen LogP contribution in [0.2, 0.25) is 0 Å². The first-order valence-electron chi connectivity index (χ1n) is 5.47.